The third-order valence-corrected chi connectivity index (χ3v) is 6.64. The molecule has 0 saturated carbocycles. The van der Waals surface area contributed by atoms with Crippen LogP contribution in [0.3, 0.4) is 0 Å². The van der Waals surface area contributed by atoms with Gasteiger partial charge in [-0.05, 0) is 81.5 Å². The Morgan fingerprint density at radius 3 is 2.08 bits per heavy atom. The van der Waals surface area contributed by atoms with Crippen LogP contribution in [0, 0.1) is 25.7 Å². The summed E-state index contributed by atoms with van der Waals surface area (Å²) in [5, 5.41) is 0. The molecule has 2 nitrogen and oxygen atoms in total. The van der Waals surface area contributed by atoms with Gasteiger partial charge < -0.3 is 0 Å². The van der Waals surface area contributed by atoms with Crippen molar-refractivity contribution in [1.82, 2.24) is 9.88 Å². The van der Waals surface area contributed by atoms with Crippen LogP contribution in [0.25, 0.3) is 0 Å². The monoisotopic (exact) mass is 330 g/mol. The predicted molar refractivity (Wildman–Crippen MR) is 105 cm³/mol. The van der Waals surface area contributed by atoms with Gasteiger partial charge in [0, 0.05) is 23.5 Å². The molecule has 0 amide bonds. The van der Waals surface area contributed by atoms with Crippen LogP contribution in [-0.4, -0.2) is 23.0 Å². The number of aromatic nitrogens is 1. The molecular formula is C22H38N2. The number of hydrogen-bond acceptors (Lipinski definition) is 2. The Kier molecular flexibility index (Phi) is 5.79. The highest BCUT2D eigenvalue weighted by atomic mass is 15.2. The van der Waals surface area contributed by atoms with Gasteiger partial charge in [0.1, 0.15) is 0 Å². The largest absolute Gasteiger partial charge is 0.297 e. The molecule has 0 saturated heterocycles. The molecular weight excluding hydrogens is 292 g/mol. The summed E-state index contributed by atoms with van der Waals surface area (Å²) < 4.78 is 0. The van der Waals surface area contributed by atoms with Crippen molar-refractivity contribution in [3.8, 4) is 0 Å². The molecule has 1 aliphatic rings. The van der Waals surface area contributed by atoms with E-state index in [0.717, 1.165) is 0 Å². The first-order valence-corrected chi connectivity index (χ1v) is 9.80. The zero-order valence-electron chi connectivity index (χ0n) is 17.6. The van der Waals surface area contributed by atoms with Crippen LogP contribution in [0.4, 0.5) is 0 Å². The average Bonchev–Trinajstić information content (AvgIpc) is 2.51. The van der Waals surface area contributed by atoms with Crippen LogP contribution in [0.15, 0.2) is 0 Å². The summed E-state index contributed by atoms with van der Waals surface area (Å²) in [4.78, 5) is 7.66. The van der Waals surface area contributed by atoms with Crippen LogP contribution in [0.2, 0.25) is 0 Å². The molecule has 2 heteroatoms. The van der Waals surface area contributed by atoms with Gasteiger partial charge >= 0.3 is 0 Å². The molecule has 2 rings (SSSR count). The first-order chi connectivity index (χ1) is 11.1. The minimum absolute atomic E-state index is 0.443. The van der Waals surface area contributed by atoms with Crippen molar-refractivity contribution in [2.24, 2.45) is 11.8 Å². The summed E-state index contributed by atoms with van der Waals surface area (Å²) in [6.45, 7) is 21.1. The number of pyridine rings is 1. The van der Waals surface area contributed by atoms with Crippen molar-refractivity contribution in [2.75, 3.05) is 7.05 Å². The molecule has 2 heterocycles. The van der Waals surface area contributed by atoms with Crippen LogP contribution in [-0.2, 0) is 0 Å². The van der Waals surface area contributed by atoms with Gasteiger partial charge in [0.25, 0.3) is 0 Å². The normalized spacial score (nSPS) is 28.8. The molecule has 0 radical (unpaired) electrons. The summed E-state index contributed by atoms with van der Waals surface area (Å²) in [7, 11) is 2.30. The van der Waals surface area contributed by atoms with Crippen LogP contribution in [0.1, 0.15) is 101 Å². The summed E-state index contributed by atoms with van der Waals surface area (Å²) in [6, 6.07) is 1.04. The van der Waals surface area contributed by atoms with E-state index in [4.69, 9.17) is 4.98 Å². The van der Waals surface area contributed by atoms with Gasteiger partial charge in [-0.2, -0.15) is 0 Å². The minimum Gasteiger partial charge on any atom is -0.297 e. The predicted octanol–water partition coefficient (Wildman–Crippen LogP) is 5.98. The molecule has 0 bridgehead atoms. The Morgan fingerprint density at radius 2 is 1.58 bits per heavy atom. The molecule has 1 aromatic heterocycles. The fourth-order valence-electron chi connectivity index (χ4n) is 4.51. The van der Waals surface area contributed by atoms with Crippen molar-refractivity contribution in [1.29, 1.82) is 0 Å². The molecule has 1 unspecified atom stereocenters. The van der Waals surface area contributed by atoms with Crippen LogP contribution < -0.4 is 0 Å². The van der Waals surface area contributed by atoms with Gasteiger partial charge in [-0.15, -0.1) is 0 Å². The van der Waals surface area contributed by atoms with E-state index in [1.807, 2.05) is 0 Å². The number of aryl methyl sites for hydroxylation is 1. The summed E-state index contributed by atoms with van der Waals surface area (Å²) in [5.74, 6) is 2.43. The molecule has 0 aromatic carbocycles. The van der Waals surface area contributed by atoms with E-state index >= 15 is 0 Å². The van der Waals surface area contributed by atoms with Crippen molar-refractivity contribution in [3.05, 3.63) is 28.1 Å². The highest BCUT2D eigenvalue weighted by Crippen LogP contribution is 2.45. The molecule has 24 heavy (non-hydrogen) atoms. The van der Waals surface area contributed by atoms with Gasteiger partial charge in [-0.25, -0.2) is 0 Å². The number of fused-ring (bicyclic) bond motifs is 1. The second kappa shape index (κ2) is 7.15. The highest BCUT2D eigenvalue weighted by Gasteiger charge is 2.36. The topological polar surface area (TPSA) is 16.1 Å². The smallest absolute Gasteiger partial charge is 0.0470 e. The zero-order valence-corrected chi connectivity index (χ0v) is 17.6. The zero-order chi connectivity index (χ0) is 18.3. The second-order valence-corrected chi connectivity index (χ2v) is 8.84. The lowest BCUT2D eigenvalue weighted by Gasteiger charge is -2.43. The summed E-state index contributed by atoms with van der Waals surface area (Å²) >= 11 is 0. The SMILES string of the molecule is Cc1nc(C(C)C)c2c(c1C)[C@@H](C)N(C)[C@@H](C)[C@@H](C)CC2C(C)C. The molecule has 136 valence electrons. The lowest BCUT2D eigenvalue weighted by molar-refractivity contribution is 0.128. The minimum atomic E-state index is 0.443. The Balaban J connectivity index is 2.83. The third-order valence-electron chi connectivity index (χ3n) is 6.64. The standard InChI is InChI=1S/C22H38N2/c1-12(2)19-11-14(5)17(8)24(10)18(9)20-15(6)16(7)23-22(13(3)4)21(19)20/h12-14,17-19H,11H2,1-10H3/t14-,17-,18+,19?/m0/s1. The molecule has 1 aliphatic heterocycles. The quantitative estimate of drug-likeness (QED) is 0.663. The van der Waals surface area contributed by atoms with Crippen molar-refractivity contribution in [2.45, 2.75) is 92.7 Å². The maximum atomic E-state index is 5.08. The van der Waals surface area contributed by atoms with E-state index in [0.29, 0.717) is 35.8 Å². The molecule has 0 fully saturated rings. The van der Waals surface area contributed by atoms with E-state index in [1.54, 1.807) is 11.1 Å². The van der Waals surface area contributed by atoms with Gasteiger partial charge in [0.15, 0.2) is 0 Å². The van der Waals surface area contributed by atoms with Gasteiger partial charge in [0.05, 0.1) is 0 Å². The van der Waals surface area contributed by atoms with Crippen molar-refractivity contribution in [3.63, 3.8) is 0 Å². The van der Waals surface area contributed by atoms with Gasteiger partial charge in [0.2, 0.25) is 0 Å². The van der Waals surface area contributed by atoms with E-state index < -0.39 is 0 Å². The van der Waals surface area contributed by atoms with E-state index in [9.17, 15) is 0 Å². The highest BCUT2D eigenvalue weighted by molar-refractivity contribution is 5.45. The summed E-state index contributed by atoms with van der Waals surface area (Å²) in [6.07, 6.45) is 1.26. The molecule has 1 aromatic rings. The Hall–Kier alpha value is -0.890. The number of nitrogens with zero attached hydrogens (tertiary/aromatic N) is 2. The van der Waals surface area contributed by atoms with Crippen LogP contribution in [0.5, 0.6) is 0 Å². The first kappa shape index (κ1) is 19.4. The van der Waals surface area contributed by atoms with Gasteiger partial charge in [-0.3, -0.25) is 9.88 Å². The van der Waals surface area contributed by atoms with Crippen LogP contribution >= 0.6 is 0 Å². The second-order valence-electron chi connectivity index (χ2n) is 8.84. The average molecular weight is 331 g/mol. The first-order valence-electron chi connectivity index (χ1n) is 9.80. The van der Waals surface area contributed by atoms with Crippen molar-refractivity contribution >= 4 is 0 Å². The number of rotatable bonds is 2. The summed E-state index contributed by atoms with van der Waals surface area (Å²) in [5.41, 5.74) is 7.09. The van der Waals surface area contributed by atoms with E-state index in [1.165, 1.54) is 23.4 Å². The fourth-order valence-corrected chi connectivity index (χ4v) is 4.51. The molecule has 0 aliphatic carbocycles. The molecule has 0 N–H and O–H groups in total. The maximum absolute atomic E-state index is 5.08. The van der Waals surface area contributed by atoms with Gasteiger partial charge in [-0.1, -0.05) is 34.6 Å². The van der Waals surface area contributed by atoms with Crippen molar-refractivity contribution < 1.29 is 0 Å². The Labute approximate surface area is 150 Å². The molecule has 0 spiro atoms. The maximum Gasteiger partial charge on any atom is 0.0470 e. The Bertz CT molecular complexity index is 588. The lowest BCUT2D eigenvalue weighted by Crippen LogP contribution is -2.40. The molecule has 4 atom stereocenters. The fraction of sp³-hybridized carbons (Fsp3) is 0.773. The Morgan fingerprint density at radius 1 is 1.00 bits per heavy atom. The third kappa shape index (κ3) is 3.27. The van der Waals surface area contributed by atoms with E-state index in [2.05, 4.69) is 74.3 Å². The van der Waals surface area contributed by atoms with E-state index in [-0.39, 0.29) is 0 Å². The number of hydrogen-bond donors (Lipinski definition) is 0. The lowest BCUT2D eigenvalue weighted by atomic mass is 9.72.